The van der Waals surface area contributed by atoms with E-state index in [9.17, 15) is 13.9 Å². The number of benzene rings is 1. The standard InChI is InChI=1S/C14H9ClF4N6O/c15-12-5-20-11(4-21-12)14(18,19)13(26,6-25-7-22-23-24-25)9-2-1-8(16)3-10(9)17/h1-5,7,26H,6H2. The van der Waals surface area contributed by atoms with Gasteiger partial charge in [0.2, 0.25) is 0 Å². The molecule has 0 radical (unpaired) electrons. The van der Waals surface area contributed by atoms with Gasteiger partial charge >= 0.3 is 5.92 Å². The fourth-order valence-electron chi connectivity index (χ4n) is 2.35. The third-order valence-electron chi connectivity index (χ3n) is 3.62. The molecule has 0 saturated heterocycles. The van der Waals surface area contributed by atoms with Crippen molar-refractivity contribution in [1.82, 2.24) is 30.2 Å². The first-order chi connectivity index (χ1) is 12.2. The van der Waals surface area contributed by atoms with Crippen molar-refractivity contribution in [3.63, 3.8) is 0 Å². The van der Waals surface area contributed by atoms with Gasteiger partial charge in [0.05, 0.1) is 18.9 Å². The number of nitrogens with zero attached hydrogens (tertiary/aromatic N) is 6. The van der Waals surface area contributed by atoms with Crippen molar-refractivity contribution in [3.05, 3.63) is 65.0 Å². The van der Waals surface area contributed by atoms with Crippen LogP contribution in [0.5, 0.6) is 0 Å². The summed E-state index contributed by atoms with van der Waals surface area (Å²) in [4.78, 5) is 6.95. The number of rotatable bonds is 5. The second kappa shape index (κ2) is 6.57. The lowest BCUT2D eigenvalue weighted by Crippen LogP contribution is -2.48. The molecule has 3 aromatic rings. The van der Waals surface area contributed by atoms with Crippen LogP contribution in [0.15, 0.2) is 36.9 Å². The number of hydrogen-bond donors (Lipinski definition) is 1. The van der Waals surface area contributed by atoms with Crippen LogP contribution in [-0.2, 0) is 18.1 Å². The van der Waals surface area contributed by atoms with Crippen LogP contribution in [-0.4, -0.2) is 35.3 Å². The van der Waals surface area contributed by atoms with E-state index in [1.807, 2.05) is 0 Å². The van der Waals surface area contributed by atoms with Crippen molar-refractivity contribution in [2.24, 2.45) is 0 Å². The molecular formula is C14H9ClF4N6O. The van der Waals surface area contributed by atoms with E-state index in [1.165, 1.54) is 0 Å². The van der Waals surface area contributed by atoms with Gasteiger partial charge in [-0.15, -0.1) is 5.10 Å². The summed E-state index contributed by atoms with van der Waals surface area (Å²) in [6.45, 7) is -0.945. The van der Waals surface area contributed by atoms with Gasteiger partial charge in [-0.3, -0.25) is 0 Å². The van der Waals surface area contributed by atoms with E-state index in [4.69, 9.17) is 11.6 Å². The maximum absolute atomic E-state index is 15.2. The highest BCUT2D eigenvalue weighted by Gasteiger charge is 2.58. The molecule has 0 aliphatic carbocycles. The quantitative estimate of drug-likeness (QED) is 0.673. The molecule has 2 aromatic heterocycles. The number of aromatic nitrogens is 6. The van der Waals surface area contributed by atoms with Crippen molar-refractivity contribution < 1.29 is 22.7 Å². The van der Waals surface area contributed by atoms with E-state index >= 15 is 8.78 Å². The Kier molecular flexibility index (Phi) is 4.59. The number of aliphatic hydroxyl groups is 1. The maximum Gasteiger partial charge on any atom is 0.325 e. The first-order valence-electron chi connectivity index (χ1n) is 6.98. The Morgan fingerprint density at radius 1 is 1.15 bits per heavy atom. The van der Waals surface area contributed by atoms with Crippen molar-refractivity contribution in [2.45, 2.75) is 18.1 Å². The van der Waals surface area contributed by atoms with Gasteiger partial charge in [-0.1, -0.05) is 11.6 Å². The van der Waals surface area contributed by atoms with E-state index in [-0.39, 0.29) is 5.15 Å². The summed E-state index contributed by atoms with van der Waals surface area (Å²) in [6.07, 6.45) is 2.45. The summed E-state index contributed by atoms with van der Waals surface area (Å²) >= 11 is 5.54. The van der Waals surface area contributed by atoms with Crippen LogP contribution in [0.3, 0.4) is 0 Å². The highest BCUT2D eigenvalue weighted by molar-refractivity contribution is 6.29. The fourth-order valence-corrected chi connectivity index (χ4v) is 2.45. The Labute approximate surface area is 148 Å². The zero-order valence-electron chi connectivity index (χ0n) is 12.7. The molecule has 0 bridgehead atoms. The van der Waals surface area contributed by atoms with E-state index in [0.717, 1.165) is 23.3 Å². The average molecular weight is 389 g/mol. The van der Waals surface area contributed by atoms with Crippen molar-refractivity contribution in [2.75, 3.05) is 0 Å². The van der Waals surface area contributed by atoms with Crippen LogP contribution in [0, 0.1) is 11.6 Å². The Morgan fingerprint density at radius 2 is 1.92 bits per heavy atom. The van der Waals surface area contributed by atoms with Gasteiger partial charge in [0.1, 0.15) is 28.8 Å². The highest BCUT2D eigenvalue weighted by atomic mass is 35.5. The summed E-state index contributed by atoms with van der Waals surface area (Å²) in [5.41, 5.74) is -5.04. The molecule has 3 rings (SSSR count). The molecule has 12 heteroatoms. The summed E-state index contributed by atoms with van der Waals surface area (Å²) in [7, 11) is 0. The Balaban J connectivity index is 2.17. The first-order valence-corrected chi connectivity index (χ1v) is 7.36. The predicted molar refractivity (Wildman–Crippen MR) is 79.0 cm³/mol. The van der Waals surface area contributed by atoms with Crippen LogP contribution in [0.1, 0.15) is 11.3 Å². The van der Waals surface area contributed by atoms with Crippen LogP contribution in [0.25, 0.3) is 0 Å². The average Bonchev–Trinajstić information content (AvgIpc) is 3.07. The molecule has 2 heterocycles. The molecular weight excluding hydrogens is 380 g/mol. The lowest BCUT2D eigenvalue weighted by molar-refractivity contribution is -0.208. The normalized spacial score (nSPS) is 14.2. The second-order valence-corrected chi connectivity index (χ2v) is 5.68. The lowest BCUT2D eigenvalue weighted by atomic mass is 9.85. The summed E-state index contributed by atoms with van der Waals surface area (Å²) in [5.74, 6) is -6.53. The smallest absolute Gasteiger partial charge is 0.325 e. The zero-order chi connectivity index (χ0) is 18.9. The monoisotopic (exact) mass is 388 g/mol. The predicted octanol–water partition coefficient (Wildman–Crippen LogP) is 2.07. The molecule has 0 aliphatic heterocycles. The zero-order valence-corrected chi connectivity index (χ0v) is 13.4. The number of tetrazole rings is 1. The molecule has 1 unspecified atom stereocenters. The molecule has 1 aromatic carbocycles. The number of hydrogen-bond acceptors (Lipinski definition) is 6. The Bertz CT molecular complexity index is 908. The second-order valence-electron chi connectivity index (χ2n) is 5.29. The summed E-state index contributed by atoms with van der Waals surface area (Å²) < 4.78 is 58.5. The first kappa shape index (κ1) is 18.1. The third-order valence-corrected chi connectivity index (χ3v) is 3.82. The van der Waals surface area contributed by atoms with Gasteiger partial charge < -0.3 is 5.11 Å². The van der Waals surface area contributed by atoms with Crippen LogP contribution >= 0.6 is 11.6 Å². The van der Waals surface area contributed by atoms with Crippen LogP contribution in [0.4, 0.5) is 17.6 Å². The minimum atomic E-state index is -4.16. The van der Waals surface area contributed by atoms with E-state index in [0.29, 0.717) is 18.3 Å². The molecule has 0 spiro atoms. The van der Waals surface area contributed by atoms with Gasteiger partial charge in [-0.25, -0.2) is 23.4 Å². The maximum atomic E-state index is 15.2. The molecule has 0 amide bonds. The molecule has 7 nitrogen and oxygen atoms in total. The number of alkyl halides is 2. The van der Waals surface area contributed by atoms with E-state index in [1.54, 1.807) is 0 Å². The minimum Gasteiger partial charge on any atom is -0.377 e. The van der Waals surface area contributed by atoms with Crippen molar-refractivity contribution >= 4 is 11.6 Å². The fraction of sp³-hybridized carbons (Fsp3) is 0.214. The third kappa shape index (κ3) is 3.10. The molecule has 1 N–H and O–H groups in total. The molecule has 0 fully saturated rings. The Morgan fingerprint density at radius 3 is 2.50 bits per heavy atom. The molecule has 0 saturated carbocycles. The molecule has 0 aliphatic rings. The largest absolute Gasteiger partial charge is 0.377 e. The van der Waals surface area contributed by atoms with Gasteiger partial charge in [0, 0.05) is 11.6 Å². The lowest BCUT2D eigenvalue weighted by Gasteiger charge is -2.35. The summed E-state index contributed by atoms with van der Waals surface area (Å²) in [5, 5.41) is 20.7. The van der Waals surface area contributed by atoms with Crippen molar-refractivity contribution in [1.29, 1.82) is 0 Å². The van der Waals surface area contributed by atoms with E-state index in [2.05, 4.69) is 25.5 Å². The number of halogens is 5. The van der Waals surface area contributed by atoms with E-state index < -0.39 is 41.0 Å². The van der Waals surface area contributed by atoms with Gasteiger partial charge in [0.25, 0.3) is 0 Å². The SMILES string of the molecule is OC(Cn1cnnn1)(c1ccc(F)cc1F)C(F)(F)c1cnc(Cl)cn1. The van der Waals surface area contributed by atoms with Crippen LogP contribution < -0.4 is 0 Å². The molecule has 136 valence electrons. The van der Waals surface area contributed by atoms with Crippen LogP contribution in [0.2, 0.25) is 5.15 Å². The minimum absolute atomic E-state index is 0.151. The molecule has 26 heavy (non-hydrogen) atoms. The topological polar surface area (TPSA) is 89.6 Å². The molecule has 1 atom stereocenters. The van der Waals surface area contributed by atoms with Gasteiger partial charge in [0.15, 0.2) is 5.60 Å². The highest BCUT2D eigenvalue weighted by Crippen LogP contribution is 2.46. The van der Waals surface area contributed by atoms with Crippen molar-refractivity contribution in [3.8, 4) is 0 Å². The van der Waals surface area contributed by atoms with Gasteiger partial charge in [-0.05, 0) is 22.6 Å². The van der Waals surface area contributed by atoms with Gasteiger partial charge in [-0.2, -0.15) is 8.78 Å². The Hall–Kier alpha value is -2.66. The summed E-state index contributed by atoms with van der Waals surface area (Å²) in [6, 6.07) is 1.84.